The Morgan fingerprint density at radius 2 is 1.95 bits per heavy atom. The van der Waals surface area contributed by atoms with Crippen molar-refractivity contribution in [2.75, 3.05) is 27.3 Å². The van der Waals surface area contributed by atoms with E-state index in [1.165, 1.54) is 5.56 Å². The van der Waals surface area contributed by atoms with Crippen molar-refractivity contribution in [1.29, 1.82) is 0 Å². The number of hydrogen-bond acceptors (Lipinski definition) is 4. The topological polar surface area (TPSA) is 47.7 Å². The third-order valence-corrected chi connectivity index (χ3v) is 3.18. The number of thiocarbonyl (C=S) groups is 1. The quantitative estimate of drug-likeness (QED) is 0.741. The van der Waals surface area contributed by atoms with Gasteiger partial charge in [0.05, 0.1) is 19.2 Å². The third-order valence-electron chi connectivity index (χ3n) is 2.98. The molecule has 0 aliphatic carbocycles. The van der Waals surface area contributed by atoms with Crippen LogP contribution >= 0.6 is 12.2 Å². The Morgan fingerprint density at radius 1 is 1.26 bits per heavy atom. The van der Waals surface area contributed by atoms with Gasteiger partial charge in [0.15, 0.2) is 11.5 Å². The second kappa shape index (κ2) is 7.96. The number of benzene rings is 1. The molecule has 0 amide bonds. The van der Waals surface area contributed by atoms with E-state index in [1.807, 2.05) is 18.2 Å². The third kappa shape index (κ3) is 5.04. The highest BCUT2D eigenvalue weighted by Crippen LogP contribution is 2.27. The van der Waals surface area contributed by atoms with Crippen molar-refractivity contribution in [2.24, 2.45) is 5.73 Å². The Labute approximate surface area is 120 Å². The van der Waals surface area contributed by atoms with E-state index in [-0.39, 0.29) is 0 Å². The number of nitrogens with two attached hydrogens (primary N) is 1. The molecule has 0 aliphatic heterocycles. The van der Waals surface area contributed by atoms with Crippen molar-refractivity contribution < 1.29 is 9.47 Å². The van der Waals surface area contributed by atoms with Crippen LogP contribution in [0.5, 0.6) is 11.5 Å². The standard InChI is InChI=1S/C14H22N2O2S/c1-4-16(8-7-14(15)19)10-11-5-6-12(17-2)13(9-11)18-3/h5-6,9H,4,7-8,10H2,1-3H3,(H2,15,19). The molecule has 0 radical (unpaired) electrons. The molecule has 0 bridgehead atoms. The maximum Gasteiger partial charge on any atom is 0.161 e. The van der Waals surface area contributed by atoms with Crippen molar-refractivity contribution in [2.45, 2.75) is 19.9 Å². The first-order valence-corrected chi connectivity index (χ1v) is 6.73. The Hall–Kier alpha value is -1.33. The lowest BCUT2D eigenvalue weighted by atomic mass is 10.2. The molecule has 0 fully saturated rings. The SMILES string of the molecule is CCN(CCC(N)=S)Cc1ccc(OC)c(OC)c1. The summed E-state index contributed by atoms with van der Waals surface area (Å²) in [6.45, 7) is 4.80. The van der Waals surface area contributed by atoms with Gasteiger partial charge in [-0.2, -0.15) is 0 Å². The largest absolute Gasteiger partial charge is 0.493 e. The molecule has 0 unspecified atom stereocenters. The number of nitrogens with zero attached hydrogens (tertiary/aromatic N) is 1. The molecule has 0 heterocycles. The summed E-state index contributed by atoms with van der Waals surface area (Å²) in [6, 6.07) is 5.97. The summed E-state index contributed by atoms with van der Waals surface area (Å²) in [7, 11) is 3.28. The fourth-order valence-electron chi connectivity index (χ4n) is 1.85. The fourth-order valence-corrected chi connectivity index (χ4v) is 1.95. The zero-order chi connectivity index (χ0) is 14.3. The predicted molar refractivity (Wildman–Crippen MR) is 81.9 cm³/mol. The van der Waals surface area contributed by atoms with Crippen molar-refractivity contribution in [1.82, 2.24) is 4.90 Å². The molecule has 0 atom stereocenters. The molecule has 2 N–H and O–H groups in total. The van der Waals surface area contributed by atoms with Crippen LogP contribution in [-0.4, -0.2) is 37.2 Å². The van der Waals surface area contributed by atoms with Crippen LogP contribution in [0.25, 0.3) is 0 Å². The van der Waals surface area contributed by atoms with Crippen LogP contribution in [-0.2, 0) is 6.54 Å². The molecule has 0 aromatic heterocycles. The Bertz CT molecular complexity index is 424. The minimum Gasteiger partial charge on any atom is -0.493 e. The lowest BCUT2D eigenvalue weighted by Gasteiger charge is -2.20. The molecule has 19 heavy (non-hydrogen) atoms. The van der Waals surface area contributed by atoms with Gasteiger partial charge in [-0.1, -0.05) is 25.2 Å². The average molecular weight is 282 g/mol. The van der Waals surface area contributed by atoms with Crippen LogP contribution in [0.2, 0.25) is 0 Å². The Kier molecular flexibility index (Phi) is 6.59. The first kappa shape index (κ1) is 15.7. The Morgan fingerprint density at radius 3 is 2.47 bits per heavy atom. The highest BCUT2D eigenvalue weighted by Gasteiger charge is 2.08. The second-order valence-electron chi connectivity index (χ2n) is 4.27. The van der Waals surface area contributed by atoms with Gasteiger partial charge in [0.2, 0.25) is 0 Å². The summed E-state index contributed by atoms with van der Waals surface area (Å²) in [5.74, 6) is 1.50. The normalized spacial score (nSPS) is 10.5. The minimum absolute atomic E-state index is 0.561. The van der Waals surface area contributed by atoms with Gasteiger partial charge in [0.25, 0.3) is 0 Å². The Balaban J connectivity index is 2.71. The van der Waals surface area contributed by atoms with E-state index >= 15 is 0 Å². The first-order chi connectivity index (χ1) is 9.10. The summed E-state index contributed by atoms with van der Waals surface area (Å²) >= 11 is 4.91. The summed E-state index contributed by atoms with van der Waals surface area (Å²) in [6.07, 6.45) is 0.746. The number of hydrogen-bond donors (Lipinski definition) is 1. The van der Waals surface area contributed by atoms with E-state index in [1.54, 1.807) is 14.2 Å². The molecule has 5 heteroatoms. The molecule has 1 aromatic carbocycles. The highest BCUT2D eigenvalue weighted by atomic mass is 32.1. The first-order valence-electron chi connectivity index (χ1n) is 6.32. The van der Waals surface area contributed by atoms with Crippen LogP contribution in [0.15, 0.2) is 18.2 Å². The van der Waals surface area contributed by atoms with Crippen molar-refractivity contribution in [3.63, 3.8) is 0 Å². The lowest BCUT2D eigenvalue weighted by Crippen LogP contribution is -2.27. The van der Waals surface area contributed by atoms with Gasteiger partial charge in [0, 0.05) is 19.5 Å². The van der Waals surface area contributed by atoms with Gasteiger partial charge < -0.3 is 15.2 Å². The molecule has 106 valence electrons. The minimum atomic E-state index is 0.561. The van der Waals surface area contributed by atoms with E-state index in [0.29, 0.717) is 4.99 Å². The summed E-state index contributed by atoms with van der Waals surface area (Å²) < 4.78 is 10.5. The molecule has 1 aromatic rings. The molecule has 1 rings (SSSR count). The number of ether oxygens (including phenoxy) is 2. The maximum atomic E-state index is 5.54. The van der Waals surface area contributed by atoms with E-state index in [0.717, 1.165) is 37.6 Å². The van der Waals surface area contributed by atoms with Gasteiger partial charge in [-0.3, -0.25) is 4.90 Å². The van der Waals surface area contributed by atoms with Gasteiger partial charge in [-0.25, -0.2) is 0 Å². The van der Waals surface area contributed by atoms with Crippen molar-refractivity contribution in [3.05, 3.63) is 23.8 Å². The van der Waals surface area contributed by atoms with E-state index < -0.39 is 0 Å². The van der Waals surface area contributed by atoms with Gasteiger partial charge >= 0.3 is 0 Å². The molecule has 0 saturated carbocycles. The van der Waals surface area contributed by atoms with Crippen LogP contribution in [0.1, 0.15) is 18.9 Å². The zero-order valence-electron chi connectivity index (χ0n) is 11.8. The van der Waals surface area contributed by atoms with Crippen molar-refractivity contribution >= 4 is 17.2 Å². The zero-order valence-corrected chi connectivity index (χ0v) is 12.6. The highest BCUT2D eigenvalue weighted by molar-refractivity contribution is 7.80. The van der Waals surface area contributed by atoms with Crippen LogP contribution in [0.4, 0.5) is 0 Å². The van der Waals surface area contributed by atoms with Gasteiger partial charge in [0.1, 0.15) is 0 Å². The lowest BCUT2D eigenvalue weighted by molar-refractivity contribution is 0.287. The second-order valence-corrected chi connectivity index (χ2v) is 4.80. The van der Waals surface area contributed by atoms with E-state index in [4.69, 9.17) is 27.4 Å². The van der Waals surface area contributed by atoms with Crippen LogP contribution < -0.4 is 15.2 Å². The molecule has 0 spiro atoms. The predicted octanol–water partition coefficient (Wildman–Crippen LogP) is 2.20. The molecular formula is C14H22N2O2S. The summed E-state index contributed by atoms with van der Waals surface area (Å²) in [4.78, 5) is 2.85. The van der Waals surface area contributed by atoms with E-state index in [9.17, 15) is 0 Å². The monoisotopic (exact) mass is 282 g/mol. The van der Waals surface area contributed by atoms with Crippen LogP contribution in [0, 0.1) is 0 Å². The molecular weight excluding hydrogens is 260 g/mol. The molecule has 4 nitrogen and oxygen atoms in total. The summed E-state index contributed by atoms with van der Waals surface area (Å²) in [5, 5.41) is 0. The van der Waals surface area contributed by atoms with Gasteiger partial charge in [-0.05, 0) is 24.2 Å². The van der Waals surface area contributed by atoms with Crippen LogP contribution in [0.3, 0.4) is 0 Å². The maximum absolute atomic E-state index is 5.54. The molecule has 0 saturated heterocycles. The average Bonchev–Trinajstić information content (AvgIpc) is 2.42. The fraction of sp³-hybridized carbons (Fsp3) is 0.500. The van der Waals surface area contributed by atoms with Crippen molar-refractivity contribution in [3.8, 4) is 11.5 Å². The smallest absolute Gasteiger partial charge is 0.161 e. The van der Waals surface area contributed by atoms with Gasteiger partial charge in [-0.15, -0.1) is 0 Å². The number of methoxy groups -OCH3 is 2. The number of rotatable bonds is 8. The van der Waals surface area contributed by atoms with E-state index in [2.05, 4.69) is 11.8 Å². The molecule has 0 aliphatic rings. The summed E-state index contributed by atoms with van der Waals surface area (Å²) in [5.41, 5.74) is 6.72.